The van der Waals surface area contributed by atoms with Crippen molar-refractivity contribution in [1.29, 1.82) is 0 Å². The Morgan fingerprint density at radius 2 is 1.94 bits per heavy atom. The molecule has 2 aromatic rings. The standard InChI is InChI=1S/C27H32N2O5S/c1-17(19-9-10-19)28-22-6-4-5-21-14-29(27(30)26(21)22)23(16-35(3,31)32)20-11-12-24(33-2)25(13-20)34-15-18-7-8-18/h4-6,11-13,18-19,23,28H,1,7-10,14-16H2,2-3H3. The number of rotatable bonds is 11. The molecule has 2 aromatic carbocycles. The number of hydrogen-bond donors (Lipinski definition) is 1. The van der Waals surface area contributed by atoms with Gasteiger partial charge in [0.05, 0.1) is 36.8 Å². The van der Waals surface area contributed by atoms with Crippen LogP contribution < -0.4 is 14.8 Å². The van der Waals surface area contributed by atoms with Crippen LogP contribution in [-0.2, 0) is 16.4 Å². The summed E-state index contributed by atoms with van der Waals surface area (Å²) in [6.45, 7) is 5.07. The number of sulfone groups is 1. The molecule has 0 spiro atoms. The molecule has 3 aliphatic rings. The number of amides is 1. The monoisotopic (exact) mass is 496 g/mol. The number of hydrogen-bond acceptors (Lipinski definition) is 6. The molecule has 7 nitrogen and oxygen atoms in total. The lowest BCUT2D eigenvalue weighted by Gasteiger charge is -2.28. The van der Waals surface area contributed by atoms with Crippen molar-refractivity contribution in [3.8, 4) is 11.5 Å². The van der Waals surface area contributed by atoms with E-state index < -0.39 is 15.9 Å². The number of allylic oxidation sites excluding steroid dienone is 1. The molecule has 1 N–H and O–H groups in total. The number of nitrogens with one attached hydrogen (secondary N) is 1. The third-order valence-corrected chi connectivity index (χ3v) is 7.83. The van der Waals surface area contributed by atoms with Gasteiger partial charge in [-0.2, -0.15) is 0 Å². The lowest BCUT2D eigenvalue weighted by molar-refractivity contribution is 0.0719. The summed E-state index contributed by atoms with van der Waals surface area (Å²) in [7, 11) is -1.81. The summed E-state index contributed by atoms with van der Waals surface area (Å²) in [5.41, 5.74) is 3.82. The van der Waals surface area contributed by atoms with Crippen LogP contribution in [0, 0.1) is 11.8 Å². The Kier molecular flexibility index (Phi) is 6.25. The van der Waals surface area contributed by atoms with Crippen molar-refractivity contribution < 1.29 is 22.7 Å². The Morgan fingerprint density at radius 3 is 2.60 bits per heavy atom. The van der Waals surface area contributed by atoms with Crippen LogP contribution in [-0.4, -0.2) is 45.0 Å². The van der Waals surface area contributed by atoms with Crippen LogP contribution in [0.3, 0.4) is 0 Å². The SMILES string of the molecule is C=C(Nc1cccc2c1C(=O)N(C(CS(C)(=O)=O)c1ccc(OC)c(OCC3CC3)c1)C2)C1CC1. The van der Waals surface area contributed by atoms with Crippen LogP contribution in [0.2, 0.25) is 0 Å². The molecule has 1 amide bonds. The van der Waals surface area contributed by atoms with Crippen molar-refractivity contribution in [3.63, 3.8) is 0 Å². The van der Waals surface area contributed by atoms with Gasteiger partial charge in [0, 0.05) is 18.5 Å². The van der Waals surface area contributed by atoms with Crippen molar-refractivity contribution in [3.05, 3.63) is 65.4 Å². The summed E-state index contributed by atoms with van der Waals surface area (Å²) in [5.74, 6) is 1.80. The number of carbonyl (C=O) groups is 1. The average molecular weight is 497 g/mol. The fourth-order valence-corrected chi connectivity index (χ4v) is 5.55. The van der Waals surface area contributed by atoms with E-state index in [1.165, 1.54) is 6.26 Å². The van der Waals surface area contributed by atoms with Crippen molar-refractivity contribution in [2.45, 2.75) is 38.3 Å². The molecule has 8 heteroatoms. The Bertz CT molecular complexity index is 1260. The summed E-state index contributed by atoms with van der Waals surface area (Å²) in [6.07, 6.45) is 5.74. The molecule has 0 bridgehead atoms. The van der Waals surface area contributed by atoms with Crippen LogP contribution in [0.1, 0.15) is 53.2 Å². The molecular weight excluding hydrogens is 464 g/mol. The quantitative estimate of drug-likeness (QED) is 0.491. The van der Waals surface area contributed by atoms with E-state index in [0.717, 1.165) is 42.6 Å². The predicted molar refractivity (Wildman–Crippen MR) is 135 cm³/mol. The van der Waals surface area contributed by atoms with Crippen LogP contribution in [0.4, 0.5) is 5.69 Å². The minimum Gasteiger partial charge on any atom is -0.493 e. The molecule has 2 saturated carbocycles. The number of benzene rings is 2. The first-order chi connectivity index (χ1) is 16.7. The highest BCUT2D eigenvalue weighted by Gasteiger charge is 2.37. The molecule has 2 aliphatic carbocycles. The number of methoxy groups -OCH3 is 1. The maximum Gasteiger partial charge on any atom is 0.257 e. The van der Waals surface area contributed by atoms with Gasteiger partial charge in [0.25, 0.3) is 5.91 Å². The highest BCUT2D eigenvalue weighted by Crippen LogP contribution is 2.41. The Balaban J connectivity index is 1.47. The lowest BCUT2D eigenvalue weighted by Crippen LogP contribution is -2.34. The van der Waals surface area contributed by atoms with Crippen LogP contribution in [0.15, 0.2) is 48.7 Å². The highest BCUT2D eigenvalue weighted by molar-refractivity contribution is 7.90. The number of fused-ring (bicyclic) bond motifs is 1. The summed E-state index contributed by atoms with van der Waals surface area (Å²) in [4.78, 5) is 15.4. The molecule has 1 unspecified atom stereocenters. The van der Waals surface area contributed by atoms with Crippen LogP contribution in [0.25, 0.3) is 0 Å². The van der Waals surface area contributed by atoms with Gasteiger partial charge in [-0.05, 0) is 66.8 Å². The average Bonchev–Trinajstić information content (AvgIpc) is 3.73. The fraction of sp³-hybridized carbons (Fsp3) is 0.444. The first-order valence-electron chi connectivity index (χ1n) is 12.1. The normalized spacial score (nSPS) is 18.2. The smallest absolute Gasteiger partial charge is 0.257 e. The zero-order valence-corrected chi connectivity index (χ0v) is 21.1. The molecule has 1 aliphatic heterocycles. The third kappa shape index (κ3) is 5.32. The van der Waals surface area contributed by atoms with Crippen molar-refractivity contribution in [2.24, 2.45) is 11.8 Å². The summed E-state index contributed by atoms with van der Waals surface area (Å²) in [5, 5.41) is 3.34. The zero-order chi connectivity index (χ0) is 24.7. The number of anilines is 1. The minimum absolute atomic E-state index is 0.182. The molecule has 1 heterocycles. The van der Waals surface area contributed by atoms with Gasteiger partial charge in [-0.25, -0.2) is 8.42 Å². The van der Waals surface area contributed by atoms with Crippen LogP contribution in [0.5, 0.6) is 11.5 Å². The second-order valence-electron chi connectivity index (χ2n) is 9.97. The maximum atomic E-state index is 13.7. The molecule has 0 radical (unpaired) electrons. The van der Waals surface area contributed by atoms with E-state index in [1.807, 2.05) is 30.3 Å². The second kappa shape index (κ2) is 9.22. The molecule has 186 valence electrons. The van der Waals surface area contributed by atoms with Crippen molar-refractivity contribution in [2.75, 3.05) is 31.0 Å². The van der Waals surface area contributed by atoms with Gasteiger partial charge >= 0.3 is 0 Å². The number of carbonyl (C=O) groups excluding carboxylic acids is 1. The Labute approximate surface area is 207 Å². The van der Waals surface area contributed by atoms with E-state index in [1.54, 1.807) is 18.1 Å². The van der Waals surface area contributed by atoms with Gasteiger partial charge in [-0.3, -0.25) is 4.79 Å². The number of nitrogens with zero attached hydrogens (tertiary/aromatic N) is 1. The van der Waals surface area contributed by atoms with E-state index >= 15 is 0 Å². The van der Waals surface area contributed by atoms with Gasteiger partial charge in [0.2, 0.25) is 0 Å². The summed E-state index contributed by atoms with van der Waals surface area (Å²) >= 11 is 0. The van der Waals surface area contributed by atoms with E-state index in [9.17, 15) is 13.2 Å². The molecule has 2 fully saturated rings. The lowest BCUT2D eigenvalue weighted by atomic mass is 10.1. The van der Waals surface area contributed by atoms with Crippen molar-refractivity contribution >= 4 is 21.4 Å². The van der Waals surface area contributed by atoms with E-state index in [4.69, 9.17) is 9.47 Å². The maximum absolute atomic E-state index is 13.7. The first-order valence-corrected chi connectivity index (χ1v) is 14.2. The van der Waals surface area contributed by atoms with E-state index in [2.05, 4.69) is 11.9 Å². The number of ether oxygens (including phenoxy) is 2. The minimum atomic E-state index is -3.39. The largest absolute Gasteiger partial charge is 0.493 e. The summed E-state index contributed by atoms with van der Waals surface area (Å²) in [6, 6.07) is 10.5. The van der Waals surface area contributed by atoms with Gasteiger partial charge in [0.15, 0.2) is 11.5 Å². The fourth-order valence-electron chi connectivity index (χ4n) is 4.60. The van der Waals surface area contributed by atoms with Gasteiger partial charge in [-0.15, -0.1) is 0 Å². The third-order valence-electron chi connectivity index (χ3n) is 6.91. The first kappa shape index (κ1) is 23.7. The van der Waals surface area contributed by atoms with E-state index in [0.29, 0.717) is 47.6 Å². The van der Waals surface area contributed by atoms with Crippen LogP contribution >= 0.6 is 0 Å². The Morgan fingerprint density at radius 1 is 1.17 bits per heavy atom. The molecule has 0 saturated heterocycles. The predicted octanol–water partition coefficient (Wildman–Crippen LogP) is 4.56. The second-order valence-corrected chi connectivity index (χ2v) is 12.2. The van der Waals surface area contributed by atoms with Gasteiger partial charge < -0.3 is 19.7 Å². The molecule has 0 aromatic heterocycles. The van der Waals surface area contributed by atoms with E-state index in [-0.39, 0.29) is 11.7 Å². The Hall–Kier alpha value is -3.00. The van der Waals surface area contributed by atoms with Gasteiger partial charge in [-0.1, -0.05) is 24.8 Å². The van der Waals surface area contributed by atoms with Gasteiger partial charge in [0.1, 0.15) is 9.84 Å². The zero-order valence-electron chi connectivity index (χ0n) is 20.2. The topological polar surface area (TPSA) is 84.9 Å². The molecule has 5 rings (SSSR count). The molecule has 35 heavy (non-hydrogen) atoms. The van der Waals surface area contributed by atoms with Crippen molar-refractivity contribution in [1.82, 2.24) is 4.90 Å². The summed E-state index contributed by atoms with van der Waals surface area (Å²) < 4.78 is 36.4. The molecular formula is C27H32N2O5S. The highest BCUT2D eigenvalue weighted by atomic mass is 32.2. The molecule has 1 atom stereocenters.